The molecule has 1 aliphatic rings. The van der Waals surface area contributed by atoms with Crippen LogP contribution in [0, 0.1) is 0 Å². The van der Waals surface area contributed by atoms with Crippen LogP contribution in [0.25, 0.3) is 0 Å². The topological polar surface area (TPSA) is 71.1 Å². The van der Waals surface area contributed by atoms with Gasteiger partial charge in [-0.25, -0.2) is 4.79 Å². The molecular formula is C22H27N3O4. The van der Waals surface area contributed by atoms with Crippen LogP contribution in [0.1, 0.15) is 18.1 Å². The lowest BCUT2D eigenvalue weighted by atomic mass is 10.1. The van der Waals surface area contributed by atoms with E-state index in [2.05, 4.69) is 5.32 Å². The van der Waals surface area contributed by atoms with Gasteiger partial charge in [-0.2, -0.15) is 0 Å². The van der Waals surface area contributed by atoms with E-state index in [0.29, 0.717) is 37.7 Å². The predicted molar refractivity (Wildman–Crippen MR) is 110 cm³/mol. The second kappa shape index (κ2) is 9.43. The molecule has 0 aliphatic carbocycles. The summed E-state index contributed by atoms with van der Waals surface area (Å²) in [6, 6.07) is 14.9. The Bertz CT molecular complexity index is 856. The number of carbonyl (C=O) groups excluding carboxylic acids is 2. The van der Waals surface area contributed by atoms with Crippen molar-refractivity contribution in [2.24, 2.45) is 0 Å². The summed E-state index contributed by atoms with van der Waals surface area (Å²) in [5.74, 6) is 1.11. The van der Waals surface area contributed by atoms with Gasteiger partial charge in [-0.1, -0.05) is 36.4 Å². The van der Waals surface area contributed by atoms with Crippen molar-refractivity contribution in [2.75, 3.05) is 27.2 Å². The second-order valence-electron chi connectivity index (χ2n) is 7.07. The lowest BCUT2D eigenvalue weighted by Gasteiger charge is -2.26. The van der Waals surface area contributed by atoms with Gasteiger partial charge in [-0.05, 0) is 37.2 Å². The summed E-state index contributed by atoms with van der Waals surface area (Å²) in [6.45, 7) is 3.72. The van der Waals surface area contributed by atoms with Crippen molar-refractivity contribution in [3.05, 3.63) is 59.7 Å². The van der Waals surface area contributed by atoms with Crippen molar-refractivity contribution in [3.8, 4) is 11.5 Å². The van der Waals surface area contributed by atoms with E-state index >= 15 is 0 Å². The number of nitrogens with one attached hydrogen (secondary N) is 1. The van der Waals surface area contributed by atoms with E-state index in [-0.39, 0.29) is 11.9 Å². The summed E-state index contributed by atoms with van der Waals surface area (Å²) in [7, 11) is 3.47. The summed E-state index contributed by atoms with van der Waals surface area (Å²) >= 11 is 0. The van der Waals surface area contributed by atoms with Gasteiger partial charge in [0, 0.05) is 19.6 Å². The van der Waals surface area contributed by atoms with Crippen molar-refractivity contribution < 1.29 is 19.1 Å². The first kappa shape index (κ1) is 20.7. The van der Waals surface area contributed by atoms with Gasteiger partial charge in [-0.15, -0.1) is 0 Å². The maximum atomic E-state index is 12.6. The Morgan fingerprint density at radius 1 is 1.17 bits per heavy atom. The third-order valence-electron chi connectivity index (χ3n) is 5.04. The zero-order valence-corrected chi connectivity index (χ0v) is 17.1. The average Bonchev–Trinajstić information content (AvgIpc) is 3.18. The Morgan fingerprint density at radius 3 is 2.59 bits per heavy atom. The molecule has 1 heterocycles. The van der Waals surface area contributed by atoms with Gasteiger partial charge in [0.2, 0.25) is 5.91 Å². The number of carbonyl (C=O) groups is 2. The highest BCUT2D eigenvalue weighted by atomic mass is 16.5. The molecular weight excluding hydrogens is 370 g/mol. The number of hydrogen-bond donors (Lipinski definition) is 1. The fourth-order valence-electron chi connectivity index (χ4n) is 3.19. The number of imide groups is 1. The fourth-order valence-corrected chi connectivity index (χ4v) is 3.19. The molecule has 1 atom stereocenters. The van der Waals surface area contributed by atoms with Crippen molar-refractivity contribution in [3.63, 3.8) is 0 Å². The van der Waals surface area contributed by atoms with E-state index in [1.807, 2.05) is 67.4 Å². The Morgan fingerprint density at radius 2 is 1.93 bits per heavy atom. The van der Waals surface area contributed by atoms with Crippen LogP contribution in [-0.4, -0.2) is 55.0 Å². The second-order valence-corrected chi connectivity index (χ2v) is 7.07. The number of rotatable bonds is 8. The van der Waals surface area contributed by atoms with Gasteiger partial charge >= 0.3 is 6.03 Å². The number of hydrogen-bond acceptors (Lipinski definition) is 5. The third kappa shape index (κ3) is 5.06. The first-order valence-corrected chi connectivity index (χ1v) is 9.62. The summed E-state index contributed by atoms with van der Waals surface area (Å²) in [5, 5.41) is 2.66. The molecule has 1 aliphatic heterocycles. The molecule has 0 aromatic heterocycles. The largest absolute Gasteiger partial charge is 0.493 e. The SMILES string of the molecule is COc1cc(CN(C)[C@@H](C)C(=O)N2CCNC2=O)ccc1OCc1ccccc1. The highest BCUT2D eigenvalue weighted by Crippen LogP contribution is 2.29. The lowest BCUT2D eigenvalue weighted by molar-refractivity contribution is -0.132. The third-order valence-corrected chi connectivity index (χ3v) is 5.04. The Balaban J connectivity index is 1.63. The molecule has 3 amide bonds. The van der Waals surface area contributed by atoms with E-state index < -0.39 is 6.04 Å². The summed E-state index contributed by atoms with van der Waals surface area (Å²) < 4.78 is 11.4. The van der Waals surface area contributed by atoms with E-state index in [1.165, 1.54) is 4.90 Å². The molecule has 1 fully saturated rings. The minimum atomic E-state index is -0.418. The molecule has 7 heteroatoms. The molecule has 1 saturated heterocycles. The number of urea groups is 1. The Labute approximate surface area is 171 Å². The molecule has 29 heavy (non-hydrogen) atoms. The smallest absolute Gasteiger partial charge is 0.324 e. The monoisotopic (exact) mass is 397 g/mol. The molecule has 0 bridgehead atoms. The zero-order chi connectivity index (χ0) is 20.8. The van der Waals surface area contributed by atoms with Crippen LogP contribution in [0.3, 0.4) is 0 Å². The van der Waals surface area contributed by atoms with Gasteiger partial charge < -0.3 is 14.8 Å². The average molecular weight is 397 g/mol. The van der Waals surface area contributed by atoms with Crippen LogP contribution in [0.15, 0.2) is 48.5 Å². The van der Waals surface area contributed by atoms with Crippen LogP contribution in [0.5, 0.6) is 11.5 Å². The summed E-state index contributed by atoms with van der Waals surface area (Å²) in [6.07, 6.45) is 0. The van der Waals surface area contributed by atoms with E-state index in [4.69, 9.17) is 9.47 Å². The van der Waals surface area contributed by atoms with Gasteiger partial charge in [0.15, 0.2) is 11.5 Å². The molecule has 0 unspecified atom stereocenters. The van der Waals surface area contributed by atoms with Crippen LogP contribution in [0.2, 0.25) is 0 Å². The minimum Gasteiger partial charge on any atom is -0.493 e. The maximum absolute atomic E-state index is 12.6. The number of methoxy groups -OCH3 is 1. The highest BCUT2D eigenvalue weighted by molar-refractivity contribution is 5.98. The van der Waals surface area contributed by atoms with Crippen molar-refractivity contribution in [1.29, 1.82) is 0 Å². The predicted octanol–water partition coefficient (Wildman–Crippen LogP) is 2.65. The van der Waals surface area contributed by atoms with E-state index in [0.717, 1.165) is 11.1 Å². The van der Waals surface area contributed by atoms with Crippen molar-refractivity contribution >= 4 is 11.9 Å². The molecule has 0 saturated carbocycles. The number of benzene rings is 2. The van der Waals surface area contributed by atoms with Crippen LogP contribution < -0.4 is 14.8 Å². The normalized spacial score (nSPS) is 14.6. The molecule has 7 nitrogen and oxygen atoms in total. The van der Waals surface area contributed by atoms with Crippen molar-refractivity contribution in [1.82, 2.24) is 15.1 Å². The van der Waals surface area contributed by atoms with E-state index in [1.54, 1.807) is 7.11 Å². The molecule has 0 spiro atoms. The Kier molecular flexibility index (Phi) is 6.72. The van der Waals surface area contributed by atoms with Crippen molar-refractivity contribution in [2.45, 2.75) is 26.1 Å². The maximum Gasteiger partial charge on any atom is 0.324 e. The molecule has 154 valence electrons. The molecule has 2 aromatic rings. The molecule has 0 radical (unpaired) electrons. The van der Waals surface area contributed by atoms with E-state index in [9.17, 15) is 9.59 Å². The first-order valence-electron chi connectivity index (χ1n) is 9.62. The quantitative estimate of drug-likeness (QED) is 0.742. The highest BCUT2D eigenvalue weighted by Gasteiger charge is 2.31. The van der Waals surface area contributed by atoms with Crippen LogP contribution in [-0.2, 0) is 17.9 Å². The van der Waals surface area contributed by atoms with Gasteiger partial charge in [0.05, 0.1) is 13.2 Å². The zero-order valence-electron chi connectivity index (χ0n) is 17.1. The standard InChI is InChI=1S/C22H27N3O4/c1-16(21(26)25-12-11-23-22(25)27)24(2)14-18-9-10-19(20(13-18)28-3)29-15-17-7-5-4-6-8-17/h4-10,13,16H,11-12,14-15H2,1-3H3,(H,23,27)/t16-/m0/s1. The molecule has 2 aromatic carbocycles. The number of likely N-dealkylation sites (N-methyl/N-ethyl adjacent to an activating group) is 1. The molecule has 3 rings (SSSR count). The van der Waals surface area contributed by atoms with Crippen LogP contribution >= 0.6 is 0 Å². The first-order chi connectivity index (χ1) is 14.0. The van der Waals surface area contributed by atoms with Gasteiger partial charge in [0.25, 0.3) is 0 Å². The lowest BCUT2D eigenvalue weighted by Crippen LogP contribution is -2.46. The minimum absolute atomic E-state index is 0.197. The summed E-state index contributed by atoms with van der Waals surface area (Å²) in [5.41, 5.74) is 2.07. The molecule has 1 N–H and O–H groups in total. The number of ether oxygens (including phenoxy) is 2. The Hall–Kier alpha value is -3.06. The van der Waals surface area contributed by atoms with Gasteiger partial charge in [0.1, 0.15) is 6.61 Å². The summed E-state index contributed by atoms with van der Waals surface area (Å²) in [4.78, 5) is 27.5. The number of nitrogens with zero attached hydrogens (tertiary/aromatic N) is 2. The van der Waals surface area contributed by atoms with Crippen LogP contribution in [0.4, 0.5) is 4.79 Å². The number of amides is 3. The fraction of sp³-hybridized carbons (Fsp3) is 0.364. The van der Waals surface area contributed by atoms with Gasteiger partial charge in [-0.3, -0.25) is 14.6 Å².